The number of nitrogens with zero attached hydrogens (tertiary/aromatic N) is 1. The van der Waals surface area contributed by atoms with E-state index in [2.05, 4.69) is 43.3 Å². The second-order valence-corrected chi connectivity index (χ2v) is 5.90. The number of nitrogens with two attached hydrogens (primary N) is 1. The molecule has 1 aliphatic rings. The quantitative estimate of drug-likeness (QED) is 0.931. The van der Waals surface area contributed by atoms with Gasteiger partial charge in [-0.05, 0) is 28.7 Å². The van der Waals surface area contributed by atoms with Crippen LogP contribution in [0.1, 0.15) is 30.9 Å². The fourth-order valence-corrected chi connectivity index (χ4v) is 3.13. The highest BCUT2D eigenvalue weighted by Crippen LogP contribution is 2.32. The van der Waals surface area contributed by atoms with Crippen molar-refractivity contribution in [3.63, 3.8) is 0 Å². The van der Waals surface area contributed by atoms with Crippen LogP contribution in [0.2, 0.25) is 0 Å². The molecule has 0 radical (unpaired) electrons. The second kappa shape index (κ2) is 7.62. The molecule has 3 nitrogen and oxygen atoms in total. The summed E-state index contributed by atoms with van der Waals surface area (Å²) in [5, 5.41) is 0. The van der Waals surface area contributed by atoms with Crippen LogP contribution in [0.25, 0.3) is 11.1 Å². The number of fused-ring (bicyclic) bond motifs is 3. The molecule has 2 aromatic carbocycles. The van der Waals surface area contributed by atoms with Gasteiger partial charge in [-0.3, -0.25) is 4.79 Å². The standard InChI is InChI=1S/C19H22N2O.ClH/c1-2-7-18(20)19(22)21-12-14-8-3-5-10-16(14)17-11-6-4-9-15(17)13-21;/h3-6,8-11,18H,2,7,12-13,20H2,1H3;1H. The first kappa shape index (κ1) is 17.5. The van der Waals surface area contributed by atoms with Crippen LogP contribution in [0.15, 0.2) is 48.5 Å². The molecule has 2 N–H and O–H groups in total. The van der Waals surface area contributed by atoms with Crippen molar-refractivity contribution in [2.45, 2.75) is 38.9 Å². The molecule has 0 aromatic heterocycles. The minimum atomic E-state index is -0.401. The molecule has 2 aromatic rings. The van der Waals surface area contributed by atoms with Crippen molar-refractivity contribution >= 4 is 18.3 Å². The average molecular weight is 331 g/mol. The Balaban J connectivity index is 0.00000192. The predicted octanol–water partition coefficient (Wildman–Crippen LogP) is 3.75. The number of rotatable bonds is 3. The number of benzene rings is 2. The summed E-state index contributed by atoms with van der Waals surface area (Å²) < 4.78 is 0. The van der Waals surface area contributed by atoms with E-state index in [0.29, 0.717) is 13.1 Å². The number of carbonyl (C=O) groups excluding carboxylic acids is 1. The first-order valence-electron chi connectivity index (χ1n) is 7.91. The van der Waals surface area contributed by atoms with Crippen molar-refractivity contribution in [1.82, 2.24) is 4.90 Å². The molecule has 1 unspecified atom stereocenters. The Bertz CT molecular complexity index is 639. The lowest BCUT2D eigenvalue weighted by molar-refractivity contribution is -0.134. The first-order valence-corrected chi connectivity index (χ1v) is 7.91. The topological polar surface area (TPSA) is 46.3 Å². The maximum atomic E-state index is 12.7. The van der Waals surface area contributed by atoms with Gasteiger partial charge in [-0.25, -0.2) is 0 Å². The molecule has 0 bridgehead atoms. The first-order chi connectivity index (χ1) is 10.7. The van der Waals surface area contributed by atoms with Crippen molar-refractivity contribution in [1.29, 1.82) is 0 Å². The van der Waals surface area contributed by atoms with E-state index in [1.807, 2.05) is 17.0 Å². The molecule has 1 amide bonds. The lowest BCUT2D eigenvalue weighted by Crippen LogP contribution is -2.42. The second-order valence-electron chi connectivity index (χ2n) is 5.90. The largest absolute Gasteiger partial charge is 0.333 e. The summed E-state index contributed by atoms with van der Waals surface area (Å²) in [7, 11) is 0. The number of halogens is 1. The van der Waals surface area contributed by atoms with Crippen molar-refractivity contribution in [2.24, 2.45) is 5.73 Å². The van der Waals surface area contributed by atoms with Crippen LogP contribution in [0, 0.1) is 0 Å². The highest BCUT2D eigenvalue weighted by atomic mass is 35.5. The van der Waals surface area contributed by atoms with Crippen LogP contribution in [-0.4, -0.2) is 16.8 Å². The van der Waals surface area contributed by atoms with Crippen LogP contribution in [0.3, 0.4) is 0 Å². The zero-order chi connectivity index (χ0) is 15.5. The molecule has 0 fully saturated rings. The SMILES string of the molecule is CCCC(N)C(=O)N1Cc2ccccc2-c2ccccc2C1.Cl. The van der Waals surface area contributed by atoms with Crippen LogP contribution < -0.4 is 5.73 Å². The number of hydrogen-bond donors (Lipinski definition) is 1. The van der Waals surface area contributed by atoms with E-state index in [9.17, 15) is 4.79 Å². The third-order valence-electron chi connectivity index (χ3n) is 4.28. The molecule has 122 valence electrons. The third kappa shape index (κ3) is 3.57. The number of amides is 1. The molecular weight excluding hydrogens is 308 g/mol. The predicted molar refractivity (Wildman–Crippen MR) is 96.3 cm³/mol. The highest BCUT2D eigenvalue weighted by Gasteiger charge is 2.25. The third-order valence-corrected chi connectivity index (χ3v) is 4.28. The van der Waals surface area contributed by atoms with E-state index in [1.165, 1.54) is 22.3 Å². The lowest BCUT2D eigenvalue weighted by atomic mass is 9.97. The fraction of sp³-hybridized carbons (Fsp3) is 0.316. The molecule has 3 rings (SSSR count). The summed E-state index contributed by atoms with van der Waals surface area (Å²) in [6, 6.07) is 16.2. The number of carbonyl (C=O) groups is 1. The van der Waals surface area contributed by atoms with Crippen molar-refractivity contribution in [3.8, 4) is 11.1 Å². The maximum absolute atomic E-state index is 12.7. The smallest absolute Gasteiger partial charge is 0.240 e. The Morgan fingerprint density at radius 3 is 2.00 bits per heavy atom. The molecule has 23 heavy (non-hydrogen) atoms. The molecule has 0 saturated carbocycles. The van der Waals surface area contributed by atoms with Gasteiger partial charge in [0.1, 0.15) is 0 Å². The van der Waals surface area contributed by atoms with Gasteiger partial charge in [-0.15, -0.1) is 12.4 Å². The van der Waals surface area contributed by atoms with Gasteiger partial charge in [-0.1, -0.05) is 61.9 Å². The summed E-state index contributed by atoms with van der Waals surface area (Å²) in [6.07, 6.45) is 1.66. The minimum absolute atomic E-state index is 0. The van der Waals surface area contributed by atoms with Gasteiger partial charge in [0.05, 0.1) is 6.04 Å². The van der Waals surface area contributed by atoms with Crippen molar-refractivity contribution in [2.75, 3.05) is 0 Å². The van der Waals surface area contributed by atoms with E-state index >= 15 is 0 Å². The average Bonchev–Trinajstić information content (AvgIpc) is 2.71. The summed E-state index contributed by atoms with van der Waals surface area (Å²) in [5.74, 6) is 0.0494. The highest BCUT2D eigenvalue weighted by molar-refractivity contribution is 5.85. The minimum Gasteiger partial charge on any atom is -0.333 e. The van der Waals surface area contributed by atoms with Gasteiger partial charge in [0, 0.05) is 13.1 Å². The summed E-state index contributed by atoms with van der Waals surface area (Å²) in [6.45, 7) is 3.31. The Morgan fingerprint density at radius 1 is 1.04 bits per heavy atom. The zero-order valence-corrected chi connectivity index (χ0v) is 14.2. The molecule has 0 spiro atoms. The Labute approximate surface area is 143 Å². The Morgan fingerprint density at radius 2 is 1.52 bits per heavy atom. The van der Waals surface area contributed by atoms with Crippen LogP contribution in [0.4, 0.5) is 0 Å². The van der Waals surface area contributed by atoms with Crippen molar-refractivity contribution < 1.29 is 4.79 Å². The maximum Gasteiger partial charge on any atom is 0.240 e. The van der Waals surface area contributed by atoms with Crippen molar-refractivity contribution in [3.05, 3.63) is 59.7 Å². The monoisotopic (exact) mass is 330 g/mol. The van der Waals surface area contributed by atoms with E-state index in [-0.39, 0.29) is 18.3 Å². The van der Waals surface area contributed by atoms with Gasteiger partial charge in [0.2, 0.25) is 5.91 Å². The zero-order valence-electron chi connectivity index (χ0n) is 13.4. The van der Waals surface area contributed by atoms with Crippen LogP contribution >= 0.6 is 12.4 Å². The van der Waals surface area contributed by atoms with Gasteiger partial charge in [0.25, 0.3) is 0 Å². The molecule has 4 heteroatoms. The van der Waals surface area contributed by atoms with Gasteiger partial charge >= 0.3 is 0 Å². The van der Waals surface area contributed by atoms with Crippen LogP contribution in [-0.2, 0) is 17.9 Å². The molecule has 1 heterocycles. The Kier molecular flexibility index (Phi) is 5.80. The molecule has 1 atom stereocenters. The van der Waals surface area contributed by atoms with Gasteiger partial charge in [0.15, 0.2) is 0 Å². The normalized spacial score (nSPS) is 14.1. The summed E-state index contributed by atoms with van der Waals surface area (Å²) in [5.41, 5.74) is 10.9. The Hall–Kier alpha value is -1.84. The summed E-state index contributed by atoms with van der Waals surface area (Å²) in [4.78, 5) is 14.6. The van der Waals surface area contributed by atoms with Gasteiger partial charge in [-0.2, -0.15) is 0 Å². The van der Waals surface area contributed by atoms with Crippen LogP contribution in [0.5, 0.6) is 0 Å². The van der Waals surface area contributed by atoms with Gasteiger partial charge < -0.3 is 10.6 Å². The van der Waals surface area contributed by atoms with E-state index in [1.54, 1.807) is 0 Å². The molecule has 1 aliphatic heterocycles. The van der Waals surface area contributed by atoms with E-state index in [4.69, 9.17) is 5.73 Å². The molecular formula is C19H23ClN2O. The molecule has 0 aliphatic carbocycles. The van der Waals surface area contributed by atoms with E-state index < -0.39 is 6.04 Å². The molecule has 0 saturated heterocycles. The number of hydrogen-bond acceptors (Lipinski definition) is 2. The van der Waals surface area contributed by atoms with E-state index in [0.717, 1.165) is 12.8 Å². The summed E-state index contributed by atoms with van der Waals surface area (Å²) >= 11 is 0. The lowest BCUT2D eigenvalue weighted by Gasteiger charge is -2.24. The fourth-order valence-electron chi connectivity index (χ4n) is 3.13.